The van der Waals surface area contributed by atoms with Crippen LogP contribution in [0.25, 0.3) is 12.2 Å². The van der Waals surface area contributed by atoms with Gasteiger partial charge < -0.3 is 143 Å². The van der Waals surface area contributed by atoms with Gasteiger partial charge in [-0.25, -0.2) is 14.4 Å². The molecule has 0 aromatic heterocycles. The SMILES string of the molecule is COc1cc(/C=C/C(=O)O[C@H]2[C@H](O[C@@H]3O[C@H](COC(C)=O)[C@H](CC(C)=O)[C@@H](O[C@@H]4O[C@H](CO)[C@H](O)[C@@H](O)[C@H]4O)[C@H]3O)[C@@H](O[C@@H]3O[C@@H](CO)[C@@H](O)[C@H](O)[C@H]3O)[C@@H](O[C@@]3(COC(=O)/C=C/c4ccc(O)cc4)O[C@H](CO)[C@@H](O)[C@@H]3OC(=O)c3ccccc3)O[C@@H]2CO)ccc1O. The second-order valence-corrected chi connectivity index (χ2v) is 22.5. The Bertz CT molecular complexity index is 3060. The van der Waals surface area contributed by atoms with Gasteiger partial charge in [-0.3, -0.25) is 4.79 Å². The predicted octanol–water partition coefficient (Wildman–Crippen LogP) is -4.30. The monoisotopic (exact) mass is 1340 g/mol. The molecule has 0 unspecified atom stereocenters. The maximum atomic E-state index is 14.4. The third-order valence-electron chi connectivity index (χ3n) is 15.9. The zero-order valence-corrected chi connectivity index (χ0v) is 50.5. The summed E-state index contributed by atoms with van der Waals surface area (Å²) in [5.74, 6) is -10.1. The summed E-state index contributed by atoms with van der Waals surface area (Å²) in [6.45, 7) is -4.31. The summed E-state index contributed by atoms with van der Waals surface area (Å²) in [5.41, 5.74) is 0.449. The number of methoxy groups -OCH3 is 1. The Morgan fingerprint density at radius 1 is 0.532 bits per heavy atom. The standard InChI is InChI=1S/C61H76O33/c1-27(66)19-33-40(25-82-28(2)67)87-59(50(79)51(33)89-57-48(77)46(75)43(72)36(21-62)84-57)90-53-52(88-42(71)18-13-30-11-16-34(69)35(20-30)81-3)39(24-65)86-60(54(53)91-58-49(78)47(76)44(73)37(22-63)85-58)94-61(26-83-41(70)17-12-29-9-14-32(68)15-10-29)55(45(74)38(23-64)93-61)92-56(80)31-7-5-4-6-8-31/h4-18,20,33,36-40,43-55,57-60,62-65,68-69,72-79H,19,21-26H2,1-3H3/b17-12+,18-13+/t33-,36+,37-,38+,39+,40+,43-,44+,45+,46+,47-,48+,49+,50+,51+,52+,53-,54+,55-,57-,58-,59-,60+,61+/m0/s1. The van der Waals surface area contributed by atoms with Crippen LogP contribution in [0.15, 0.2) is 84.9 Å². The first-order chi connectivity index (χ1) is 44.8. The third-order valence-corrected chi connectivity index (χ3v) is 15.9. The summed E-state index contributed by atoms with van der Waals surface area (Å²) in [6.07, 6.45) is -43.0. The molecule has 5 fully saturated rings. The normalized spacial score (nSPS) is 36.0. The van der Waals surface area contributed by atoms with Crippen molar-refractivity contribution in [3.8, 4) is 17.2 Å². The van der Waals surface area contributed by atoms with Crippen molar-refractivity contribution in [2.75, 3.05) is 46.8 Å². The number of aliphatic hydroxyl groups excluding tert-OH is 12. The molecule has 33 heteroatoms. The first kappa shape index (κ1) is 73.1. The Hall–Kier alpha value is -6.75. The molecule has 5 heterocycles. The molecule has 3 aromatic carbocycles. The number of benzene rings is 3. The van der Waals surface area contributed by atoms with Crippen LogP contribution in [0.5, 0.6) is 17.2 Å². The second kappa shape index (κ2) is 32.8. The van der Waals surface area contributed by atoms with Crippen molar-refractivity contribution in [1.29, 1.82) is 0 Å². The van der Waals surface area contributed by atoms with Gasteiger partial charge in [-0.2, -0.15) is 0 Å². The number of ketones is 1. The molecule has 33 nitrogen and oxygen atoms in total. The molecule has 0 amide bonds. The van der Waals surface area contributed by atoms with Crippen molar-refractivity contribution in [2.24, 2.45) is 5.92 Å². The number of carbonyl (C=O) groups is 5. The predicted molar refractivity (Wildman–Crippen MR) is 307 cm³/mol. The minimum atomic E-state index is -2.98. The molecule has 3 aromatic rings. The summed E-state index contributed by atoms with van der Waals surface area (Å²) < 4.78 is 84.2. The van der Waals surface area contributed by atoms with Gasteiger partial charge in [0.2, 0.25) is 5.79 Å². The van der Waals surface area contributed by atoms with Crippen LogP contribution < -0.4 is 4.74 Å². The zero-order valence-electron chi connectivity index (χ0n) is 50.5. The molecule has 0 radical (unpaired) electrons. The Balaban J connectivity index is 1.30. The first-order valence-corrected chi connectivity index (χ1v) is 29.4. The maximum Gasteiger partial charge on any atom is 0.338 e. The molecule has 8 rings (SSSR count). The molecule has 0 bridgehead atoms. The fourth-order valence-electron chi connectivity index (χ4n) is 11.1. The minimum absolute atomic E-state index is 0.0270. The van der Waals surface area contributed by atoms with Crippen LogP contribution in [0.2, 0.25) is 0 Å². The van der Waals surface area contributed by atoms with E-state index < -0.39 is 222 Å². The average Bonchev–Trinajstić information content (AvgIpc) is 1.38. The Morgan fingerprint density at radius 3 is 1.66 bits per heavy atom. The number of phenols is 2. The summed E-state index contributed by atoms with van der Waals surface area (Å²) in [5, 5.41) is 154. The van der Waals surface area contributed by atoms with Gasteiger partial charge >= 0.3 is 23.9 Å². The van der Waals surface area contributed by atoms with Gasteiger partial charge in [0.15, 0.2) is 48.9 Å². The number of rotatable bonds is 26. The molecule has 5 saturated heterocycles. The van der Waals surface area contributed by atoms with E-state index in [2.05, 4.69) is 0 Å². The Morgan fingerprint density at radius 2 is 1.07 bits per heavy atom. The van der Waals surface area contributed by atoms with Gasteiger partial charge in [-0.1, -0.05) is 36.4 Å². The van der Waals surface area contributed by atoms with Crippen molar-refractivity contribution in [2.45, 2.75) is 161 Å². The molecular formula is C61H76O33. The van der Waals surface area contributed by atoms with E-state index in [-0.39, 0.29) is 28.4 Å². The van der Waals surface area contributed by atoms with E-state index in [4.69, 9.17) is 66.3 Å². The summed E-state index contributed by atoms with van der Waals surface area (Å²) >= 11 is 0. The maximum absolute atomic E-state index is 14.4. The van der Waals surface area contributed by atoms with Gasteiger partial charge in [0.05, 0.1) is 45.2 Å². The van der Waals surface area contributed by atoms with Crippen molar-refractivity contribution in [3.63, 3.8) is 0 Å². The van der Waals surface area contributed by atoms with Gasteiger partial charge in [0, 0.05) is 31.4 Å². The number of phenolic OH excluding ortho intramolecular Hbond substituents is 2. The fourth-order valence-corrected chi connectivity index (χ4v) is 11.1. The lowest BCUT2D eigenvalue weighted by Crippen LogP contribution is -2.69. The lowest BCUT2D eigenvalue weighted by molar-refractivity contribution is -0.422. The fraction of sp³-hybridized carbons (Fsp3) is 0.557. The highest BCUT2D eigenvalue weighted by Gasteiger charge is 2.64. The minimum Gasteiger partial charge on any atom is -0.508 e. The van der Waals surface area contributed by atoms with Crippen molar-refractivity contribution in [3.05, 3.63) is 102 Å². The van der Waals surface area contributed by atoms with E-state index in [0.29, 0.717) is 5.56 Å². The van der Waals surface area contributed by atoms with Crippen LogP contribution in [0, 0.1) is 5.92 Å². The van der Waals surface area contributed by atoms with Crippen LogP contribution in [-0.2, 0) is 80.8 Å². The number of ether oxygens (including phenoxy) is 14. The third kappa shape index (κ3) is 17.3. The molecule has 0 saturated carbocycles. The van der Waals surface area contributed by atoms with E-state index in [1.165, 1.54) is 86.0 Å². The molecule has 0 aliphatic carbocycles. The lowest BCUT2D eigenvalue weighted by atomic mass is 9.84. The zero-order chi connectivity index (χ0) is 68.3. The van der Waals surface area contributed by atoms with E-state index in [1.807, 2.05) is 0 Å². The Kier molecular flexibility index (Phi) is 25.5. The molecule has 24 atom stereocenters. The largest absolute Gasteiger partial charge is 0.508 e. The topological polar surface area (TPSA) is 498 Å². The van der Waals surface area contributed by atoms with E-state index in [0.717, 1.165) is 26.0 Å². The highest BCUT2D eigenvalue weighted by atomic mass is 16.8. The van der Waals surface area contributed by atoms with E-state index >= 15 is 0 Å². The van der Waals surface area contributed by atoms with Crippen LogP contribution in [0.4, 0.5) is 0 Å². The number of aliphatic hydroxyl groups is 12. The molecule has 5 aliphatic rings. The highest BCUT2D eigenvalue weighted by molar-refractivity contribution is 5.90. The molecule has 14 N–H and O–H groups in total. The van der Waals surface area contributed by atoms with Crippen LogP contribution in [0.3, 0.4) is 0 Å². The number of carbonyl (C=O) groups excluding carboxylic acids is 5. The number of hydrogen-bond donors (Lipinski definition) is 14. The molecule has 518 valence electrons. The van der Waals surface area contributed by atoms with Crippen molar-refractivity contribution in [1.82, 2.24) is 0 Å². The summed E-state index contributed by atoms with van der Waals surface area (Å²) in [6, 6.07) is 16.5. The van der Waals surface area contributed by atoms with E-state index in [9.17, 15) is 95.5 Å². The van der Waals surface area contributed by atoms with Crippen molar-refractivity contribution >= 4 is 41.8 Å². The molecule has 5 aliphatic heterocycles. The molecule has 94 heavy (non-hydrogen) atoms. The van der Waals surface area contributed by atoms with Gasteiger partial charge in [0.25, 0.3) is 0 Å². The van der Waals surface area contributed by atoms with Gasteiger partial charge in [-0.15, -0.1) is 0 Å². The van der Waals surface area contributed by atoms with Crippen LogP contribution >= 0.6 is 0 Å². The quantitative estimate of drug-likeness (QED) is 0.0205. The summed E-state index contributed by atoms with van der Waals surface area (Å²) in [4.78, 5) is 67.8. The number of aromatic hydroxyl groups is 2. The molecular weight excluding hydrogens is 1260 g/mol. The number of Topliss-reactive ketones (excluding diaryl/α,β-unsaturated/α-hetero) is 1. The highest BCUT2D eigenvalue weighted by Crippen LogP contribution is 2.43. The smallest absolute Gasteiger partial charge is 0.338 e. The van der Waals surface area contributed by atoms with Crippen LogP contribution in [0.1, 0.15) is 41.8 Å². The Labute approximate surface area is 534 Å². The van der Waals surface area contributed by atoms with Gasteiger partial charge in [-0.05, 0) is 66.6 Å². The summed E-state index contributed by atoms with van der Waals surface area (Å²) in [7, 11) is 1.25. The first-order valence-electron chi connectivity index (χ1n) is 29.4. The van der Waals surface area contributed by atoms with Crippen molar-refractivity contribution < 1.29 is 162 Å². The van der Waals surface area contributed by atoms with Crippen LogP contribution in [-0.4, -0.2) is 289 Å². The average molecular weight is 1340 g/mol. The number of esters is 4. The second-order valence-electron chi connectivity index (χ2n) is 22.5. The van der Waals surface area contributed by atoms with Gasteiger partial charge in [0.1, 0.15) is 116 Å². The number of hydrogen-bond acceptors (Lipinski definition) is 33. The molecule has 0 spiro atoms. The lowest BCUT2D eigenvalue weighted by Gasteiger charge is -2.51. The van der Waals surface area contributed by atoms with E-state index in [1.54, 1.807) is 6.07 Å².